The van der Waals surface area contributed by atoms with Crippen molar-refractivity contribution >= 4 is 10.8 Å². The highest BCUT2D eigenvalue weighted by Gasteiger charge is 2.13. The summed E-state index contributed by atoms with van der Waals surface area (Å²) in [6.07, 6.45) is 6.69. The van der Waals surface area contributed by atoms with E-state index in [1.54, 1.807) is 0 Å². The summed E-state index contributed by atoms with van der Waals surface area (Å²) in [6.45, 7) is 11.9. The molecule has 0 atom stereocenters. The molecule has 1 heterocycles. The summed E-state index contributed by atoms with van der Waals surface area (Å²) in [6, 6.07) is 17.7. The van der Waals surface area contributed by atoms with Crippen LogP contribution >= 0.6 is 0 Å². The summed E-state index contributed by atoms with van der Waals surface area (Å²) in [4.78, 5) is 0. The molecule has 1 aromatic heterocycles. The second kappa shape index (κ2) is 8.43. The Morgan fingerprint density at radius 1 is 0.815 bits per heavy atom. The van der Waals surface area contributed by atoms with Crippen molar-refractivity contribution in [2.45, 2.75) is 54.0 Å². The molecule has 1 heteroatoms. The fraction of sp³-hybridized carbons (Fsp3) is 0.308. The van der Waals surface area contributed by atoms with Crippen molar-refractivity contribution in [2.24, 2.45) is 0 Å². The first-order valence-corrected chi connectivity index (χ1v) is 9.87. The van der Waals surface area contributed by atoms with Crippen LogP contribution in [0.5, 0.6) is 0 Å². The third-order valence-corrected chi connectivity index (χ3v) is 5.15. The fourth-order valence-electron chi connectivity index (χ4n) is 3.65. The van der Waals surface area contributed by atoms with Crippen molar-refractivity contribution < 1.29 is 0 Å². The molecule has 2 aromatic carbocycles. The van der Waals surface area contributed by atoms with Crippen molar-refractivity contribution in [3.8, 4) is 0 Å². The fourth-order valence-corrected chi connectivity index (χ4v) is 3.65. The molecule has 0 aliphatic rings. The molecule has 140 valence electrons. The van der Waals surface area contributed by atoms with Crippen LogP contribution in [0.2, 0.25) is 0 Å². The number of rotatable bonds is 6. The van der Waals surface area contributed by atoms with Crippen molar-refractivity contribution in [3.63, 3.8) is 0 Å². The maximum atomic E-state index is 2.51. The lowest BCUT2D eigenvalue weighted by Gasteiger charge is -2.14. The van der Waals surface area contributed by atoms with Crippen LogP contribution in [0.3, 0.4) is 0 Å². The topological polar surface area (TPSA) is 4.93 Å². The monoisotopic (exact) mass is 357 g/mol. The predicted molar refractivity (Wildman–Crippen MR) is 118 cm³/mol. The lowest BCUT2D eigenvalue weighted by atomic mass is 10.0. The third-order valence-electron chi connectivity index (χ3n) is 5.15. The van der Waals surface area contributed by atoms with E-state index >= 15 is 0 Å². The first-order valence-electron chi connectivity index (χ1n) is 9.87. The minimum Gasteiger partial charge on any atom is -0.344 e. The van der Waals surface area contributed by atoms with Crippen LogP contribution in [0.1, 0.15) is 50.2 Å². The van der Waals surface area contributed by atoms with Crippen LogP contribution in [-0.4, -0.2) is 4.57 Å². The van der Waals surface area contributed by atoms with Gasteiger partial charge in [0, 0.05) is 24.4 Å². The Balaban J connectivity index is 2.05. The molecular formula is C26H31N. The normalized spacial score (nSPS) is 10.9. The van der Waals surface area contributed by atoms with Crippen LogP contribution in [0.25, 0.3) is 10.8 Å². The minimum absolute atomic E-state index is 0.925. The molecule has 3 rings (SSSR count). The quantitative estimate of drug-likeness (QED) is 0.418. The Labute approximate surface area is 164 Å². The maximum absolute atomic E-state index is 2.51. The van der Waals surface area contributed by atoms with Gasteiger partial charge in [-0.2, -0.15) is 0 Å². The molecular weight excluding hydrogens is 326 g/mol. The largest absolute Gasteiger partial charge is 0.344 e. The number of allylic oxidation sites excluding steroid dienone is 4. The average molecular weight is 358 g/mol. The highest BCUT2D eigenvalue weighted by molar-refractivity contribution is 5.85. The van der Waals surface area contributed by atoms with E-state index in [1.165, 1.54) is 44.4 Å². The van der Waals surface area contributed by atoms with Gasteiger partial charge in [0.25, 0.3) is 0 Å². The van der Waals surface area contributed by atoms with Gasteiger partial charge in [0.15, 0.2) is 0 Å². The molecule has 0 N–H and O–H groups in total. The Morgan fingerprint density at radius 2 is 1.48 bits per heavy atom. The summed E-state index contributed by atoms with van der Waals surface area (Å²) in [7, 11) is 0. The van der Waals surface area contributed by atoms with E-state index in [-0.39, 0.29) is 0 Å². The van der Waals surface area contributed by atoms with Crippen molar-refractivity contribution in [1.82, 2.24) is 4.57 Å². The zero-order valence-electron chi connectivity index (χ0n) is 17.3. The van der Waals surface area contributed by atoms with E-state index in [4.69, 9.17) is 0 Å². The summed E-state index contributed by atoms with van der Waals surface area (Å²) in [5, 5.41) is 2.67. The van der Waals surface area contributed by atoms with Gasteiger partial charge in [-0.15, -0.1) is 0 Å². The first kappa shape index (κ1) is 19.2. The minimum atomic E-state index is 0.925. The summed E-state index contributed by atoms with van der Waals surface area (Å²) in [5.74, 6) is 0. The predicted octanol–water partition coefficient (Wildman–Crippen LogP) is 7.02. The average Bonchev–Trinajstić information content (AvgIpc) is 2.93. The Kier molecular flexibility index (Phi) is 6.01. The first-order chi connectivity index (χ1) is 13.0. The van der Waals surface area contributed by atoms with Gasteiger partial charge in [-0.3, -0.25) is 0 Å². The van der Waals surface area contributed by atoms with Crippen molar-refractivity contribution in [2.75, 3.05) is 0 Å². The van der Waals surface area contributed by atoms with Crippen LogP contribution in [0.15, 0.2) is 71.8 Å². The molecule has 1 nitrogen and oxygen atoms in total. The molecule has 0 aliphatic heterocycles. The van der Waals surface area contributed by atoms with Gasteiger partial charge in [-0.05, 0) is 69.0 Å². The van der Waals surface area contributed by atoms with E-state index in [2.05, 4.69) is 99.9 Å². The molecule has 0 spiro atoms. The second-order valence-corrected chi connectivity index (χ2v) is 7.95. The van der Waals surface area contributed by atoms with E-state index in [9.17, 15) is 0 Å². The van der Waals surface area contributed by atoms with E-state index in [1.807, 2.05) is 0 Å². The highest BCUT2D eigenvalue weighted by Crippen LogP contribution is 2.24. The third kappa shape index (κ3) is 4.60. The molecule has 27 heavy (non-hydrogen) atoms. The van der Waals surface area contributed by atoms with Gasteiger partial charge >= 0.3 is 0 Å². The number of fused-ring (bicyclic) bond motifs is 1. The van der Waals surface area contributed by atoms with Crippen LogP contribution in [0.4, 0.5) is 0 Å². The molecule has 3 aromatic rings. The number of hydrogen-bond donors (Lipinski definition) is 0. The van der Waals surface area contributed by atoms with Crippen molar-refractivity contribution in [1.29, 1.82) is 0 Å². The number of aromatic nitrogens is 1. The smallest absolute Gasteiger partial charge is 0.0481 e. The Bertz CT molecular complexity index is 985. The highest BCUT2D eigenvalue weighted by atomic mass is 15.0. The Morgan fingerprint density at radius 3 is 2.22 bits per heavy atom. The maximum Gasteiger partial charge on any atom is 0.0481 e. The van der Waals surface area contributed by atoms with Crippen LogP contribution in [-0.2, 0) is 19.4 Å². The molecule has 0 unspecified atom stereocenters. The Hall–Kier alpha value is -2.54. The molecule has 0 fully saturated rings. The summed E-state index contributed by atoms with van der Waals surface area (Å²) < 4.78 is 2.51. The van der Waals surface area contributed by atoms with Crippen molar-refractivity contribution in [3.05, 3.63) is 94.3 Å². The SMILES string of the molecule is CC(C)=CCc1cc(C)n(Cc2cccc3ccccc23)c1CC=C(C)C. The number of hydrogen-bond acceptors (Lipinski definition) is 0. The molecule has 0 amide bonds. The van der Waals surface area contributed by atoms with E-state index in [0.717, 1.165) is 19.4 Å². The van der Waals surface area contributed by atoms with Gasteiger partial charge < -0.3 is 4.57 Å². The van der Waals surface area contributed by atoms with Gasteiger partial charge in [0.2, 0.25) is 0 Å². The van der Waals surface area contributed by atoms with Crippen LogP contribution < -0.4 is 0 Å². The van der Waals surface area contributed by atoms with E-state index in [0.29, 0.717) is 0 Å². The molecule has 0 saturated heterocycles. The van der Waals surface area contributed by atoms with Gasteiger partial charge in [0.05, 0.1) is 0 Å². The summed E-state index contributed by atoms with van der Waals surface area (Å²) >= 11 is 0. The standard InChI is InChI=1S/C26H31N/c1-19(2)13-15-23-17-21(5)27(26(23)16-14-20(3)4)18-24-11-8-10-22-9-6-7-12-25(22)24/h6-14,17H,15-16,18H2,1-5H3. The molecule has 0 bridgehead atoms. The lowest BCUT2D eigenvalue weighted by Crippen LogP contribution is -2.07. The zero-order chi connectivity index (χ0) is 19.4. The molecule has 0 aliphatic carbocycles. The lowest BCUT2D eigenvalue weighted by molar-refractivity contribution is 0.736. The van der Waals surface area contributed by atoms with Gasteiger partial charge in [0.1, 0.15) is 0 Å². The number of nitrogens with zero attached hydrogens (tertiary/aromatic N) is 1. The van der Waals surface area contributed by atoms with Gasteiger partial charge in [-0.25, -0.2) is 0 Å². The molecule has 0 saturated carbocycles. The second-order valence-electron chi connectivity index (χ2n) is 7.95. The zero-order valence-corrected chi connectivity index (χ0v) is 17.3. The van der Waals surface area contributed by atoms with Gasteiger partial charge in [-0.1, -0.05) is 65.8 Å². The summed E-state index contributed by atoms with van der Waals surface area (Å²) in [5.41, 5.74) is 8.38. The number of aryl methyl sites for hydroxylation is 1. The van der Waals surface area contributed by atoms with Crippen LogP contribution in [0, 0.1) is 6.92 Å². The molecule has 0 radical (unpaired) electrons. The van der Waals surface area contributed by atoms with E-state index < -0.39 is 0 Å². The number of benzene rings is 2.